The molecule has 2 rings (SSSR count). The van der Waals surface area contributed by atoms with E-state index in [0.717, 1.165) is 11.1 Å². The quantitative estimate of drug-likeness (QED) is 0.840. The van der Waals surface area contributed by atoms with Crippen LogP contribution in [0, 0.1) is 0 Å². The van der Waals surface area contributed by atoms with Crippen LogP contribution in [0.3, 0.4) is 0 Å². The summed E-state index contributed by atoms with van der Waals surface area (Å²) in [5.41, 5.74) is 0.539. The van der Waals surface area contributed by atoms with Crippen LogP contribution < -0.4 is 5.32 Å². The molecule has 1 N–H and O–H groups in total. The van der Waals surface area contributed by atoms with Gasteiger partial charge in [-0.1, -0.05) is 6.92 Å². The lowest BCUT2D eigenvalue weighted by atomic mass is 10.2. The van der Waals surface area contributed by atoms with E-state index in [9.17, 15) is 4.79 Å². The van der Waals surface area contributed by atoms with Crippen LogP contribution in [0.15, 0.2) is 18.3 Å². The number of hydrogen-bond donors (Lipinski definition) is 1. The summed E-state index contributed by atoms with van der Waals surface area (Å²) in [6, 6.07) is 3.89. The van der Waals surface area contributed by atoms with E-state index in [4.69, 9.17) is 4.74 Å². The van der Waals surface area contributed by atoms with Crippen molar-refractivity contribution in [3.8, 4) is 0 Å². The number of pyridine rings is 1. The Kier molecular flexibility index (Phi) is 5.07. The van der Waals surface area contributed by atoms with E-state index in [0.29, 0.717) is 11.6 Å². The van der Waals surface area contributed by atoms with E-state index in [1.807, 2.05) is 11.8 Å². The van der Waals surface area contributed by atoms with Crippen LogP contribution in [-0.2, 0) is 4.74 Å². The Hall–Kier alpha value is -1.23. The van der Waals surface area contributed by atoms with Crippen LogP contribution in [0.5, 0.6) is 0 Å². The molecule has 0 saturated heterocycles. The summed E-state index contributed by atoms with van der Waals surface area (Å²) < 4.78 is 4.71. The largest absolute Gasteiger partial charge is 0.465 e. The standard InChI is InChI=1S/C14H20N2O2S/c1-3-19-12-5-4-11(9-12)16-13-8-10(6-7-15-13)14(17)18-2/h6-8,11-12H,3-5,9H2,1-2H3,(H,15,16). The van der Waals surface area contributed by atoms with Crippen LogP contribution in [-0.4, -0.2) is 35.1 Å². The Balaban J connectivity index is 1.94. The van der Waals surface area contributed by atoms with Gasteiger partial charge in [-0.2, -0.15) is 11.8 Å². The summed E-state index contributed by atoms with van der Waals surface area (Å²) in [5, 5.41) is 4.17. The Morgan fingerprint density at radius 3 is 3.16 bits per heavy atom. The lowest BCUT2D eigenvalue weighted by Gasteiger charge is -2.14. The van der Waals surface area contributed by atoms with Crippen molar-refractivity contribution in [3.05, 3.63) is 23.9 Å². The molecule has 1 aliphatic rings. The van der Waals surface area contributed by atoms with Crippen molar-refractivity contribution < 1.29 is 9.53 Å². The summed E-state index contributed by atoms with van der Waals surface area (Å²) in [5.74, 6) is 1.61. The second kappa shape index (κ2) is 6.80. The molecule has 2 atom stereocenters. The number of anilines is 1. The molecular weight excluding hydrogens is 260 g/mol. The monoisotopic (exact) mass is 280 g/mol. The first-order chi connectivity index (χ1) is 9.22. The smallest absolute Gasteiger partial charge is 0.338 e. The molecule has 5 heteroatoms. The van der Waals surface area contributed by atoms with Crippen LogP contribution >= 0.6 is 11.8 Å². The topological polar surface area (TPSA) is 51.2 Å². The number of ether oxygens (including phenoxy) is 1. The molecule has 0 aromatic carbocycles. The summed E-state index contributed by atoms with van der Waals surface area (Å²) >= 11 is 2.03. The van der Waals surface area contributed by atoms with Crippen molar-refractivity contribution in [3.63, 3.8) is 0 Å². The average molecular weight is 280 g/mol. The molecule has 4 nitrogen and oxygen atoms in total. The van der Waals surface area contributed by atoms with Crippen molar-refractivity contribution in [1.29, 1.82) is 0 Å². The van der Waals surface area contributed by atoms with E-state index in [1.54, 1.807) is 18.3 Å². The SMILES string of the molecule is CCSC1CCC(Nc2cc(C(=O)OC)ccn2)C1. The van der Waals surface area contributed by atoms with E-state index in [1.165, 1.54) is 32.1 Å². The van der Waals surface area contributed by atoms with Crippen molar-refractivity contribution in [2.24, 2.45) is 0 Å². The van der Waals surface area contributed by atoms with Crippen molar-refractivity contribution in [1.82, 2.24) is 4.98 Å². The Morgan fingerprint density at radius 2 is 2.42 bits per heavy atom. The molecule has 0 radical (unpaired) electrons. The molecule has 104 valence electrons. The highest BCUT2D eigenvalue weighted by atomic mass is 32.2. The Morgan fingerprint density at radius 1 is 1.58 bits per heavy atom. The molecule has 2 unspecified atom stereocenters. The molecule has 1 saturated carbocycles. The number of carbonyl (C=O) groups is 1. The highest BCUT2D eigenvalue weighted by molar-refractivity contribution is 7.99. The number of esters is 1. The minimum absolute atomic E-state index is 0.323. The van der Waals surface area contributed by atoms with Gasteiger partial charge in [0, 0.05) is 17.5 Å². The Labute approximate surface area is 118 Å². The third kappa shape index (κ3) is 3.86. The van der Waals surface area contributed by atoms with E-state index < -0.39 is 0 Å². The van der Waals surface area contributed by atoms with Crippen molar-refractivity contribution in [2.45, 2.75) is 37.5 Å². The van der Waals surface area contributed by atoms with Gasteiger partial charge in [-0.3, -0.25) is 0 Å². The molecular formula is C14H20N2O2S. The van der Waals surface area contributed by atoms with Gasteiger partial charge in [0.2, 0.25) is 0 Å². The second-order valence-corrected chi connectivity index (χ2v) is 6.23. The molecule has 1 heterocycles. The summed E-state index contributed by atoms with van der Waals surface area (Å²) in [7, 11) is 1.39. The fourth-order valence-corrected chi connectivity index (χ4v) is 3.56. The molecule has 0 spiro atoms. The molecule has 0 aliphatic heterocycles. The maximum atomic E-state index is 11.5. The van der Waals surface area contributed by atoms with Gasteiger partial charge >= 0.3 is 5.97 Å². The third-order valence-electron chi connectivity index (χ3n) is 3.32. The minimum atomic E-state index is -0.323. The first kappa shape index (κ1) is 14.2. The lowest BCUT2D eigenvalue weighted by Crippen LogP contribution is -2.17. The van der Waals surface area contributed by atoms with Crippen LogP contribution in [0.25, 0.3) is 0 Å². The zero-order valence-corrected chi connectivity index (χ0v) is 12.2. The number of thioether (sulfide) groups is 1. The van der Waals surface area contributed by atoms with Gasteiger partial charge in [0.25, 0.3) is 0 Å². The fourth-order valence-electron chi connectivity index (χ4n) is 2.42. The van der Waals surface area contributed by atoms with E-state index in [2.05, 4.69) is 17.2 Å². The maximum Gasteiger partial charge on any atom is 0.338 e. The highest BCUT2D eigenvalue weighted by Crippen LogP contribution is 2.31. The average Bonchev–Trinajstić information content (AvgIpc) is 2.86. The third-order valence-corrected chi connectivity index (χ3v) is 4.55. The number of carbonyl (C=O) groups excluding carboxylic acids is 1. The van der Waals surface area contributed by atoms with Gasteiger partial charge in [0.15, 0.2) is 0 Å². The normalized spacial score (nSPS) is 22.2. The second-order valence-electron chi connectivity index (χ2n) is 4.65. The van der Waals surface area contributed by atoms with Crippen molar-refractivity contribution in [2.75, 3.05) is 18.2 Å². The molecule has 0 bridgehead atoms. The number of nitrogens with zero attached hydrogens (tertiary/aromatic N) is 1. The van der Waals surface area contributed by atoms with E-state index in [-0.39, 0.29) is 5.97 Å². The first-order valence-corrected chi connectivity index (χ1v) is 7.70. The molecule has 19 heavy (non-hydrogen) atoms. The number of rotatable bonds is 5. The molecule has 0 amide bonds. The number of nitrogens with one attached hydrogen (secondary N) is 1. The minimum Gasteiger partial charge on any atom is -0.465 e. The van der Waals surface area contributed by atoms with Gasteiger partial charge in [-0.05, 0) is 37.1 Å². The molecule has 1 aromatic rings. The van der Waals surface area contributed by atoms with Gasteiger partial charge in [-0.15, -0.1) is 0 Å². The van der Waals surface area contributed by atoms with Gasteiger partial charge in [0.05, 0.1) is 12.7 Å². The predicted molar refractivity (Wildman–Crippen MR) is 78.8 cm³/mol. The number of aromatic nitrogens is 1. The van der Waals surface area contributed by atoms with Crippen LogP contribution in [0.4, 0.5) is 5.82 Å². The number of methoxy groups -OCH3 is 1. The molecule has 1 aliphatic carbocycles. The zero-order valence-electron chi connectivity index (χ0n) is 11.4. The van der Waals surface area contributed by atoms with Crippen molar-refractivity contribution >= 4 is 23.5 Å². The number of hydrogen-bond acceptors (Lipinski definition) is 5. The lowest BCUT2D eigenvalue weighted by molar-refractivity contribution is 0.0600. The molecule has 1 aromatic heterocycles. The van der Waals surface area contributed by atoms with Crippen LogP contribution in [0.1, 0.15) is 36.5 Å². The molecule has 1 fully saturated rings. The van der Waals surface area contributed by atoms with Gasteiger partial charge in [0.1, 0.15) is 5.82 Å². The predicted octanol–water partition coefficient (Wildman–Crippen LogP) is 2.95. The van der Waals surface area contributed by atoms with Gasteiger partial charge < -0.3 is 10.1 Å². The maximum absolute atomic E-state index is 11.5. The summed E-state index contributed by atoms with van der Waals surface area (Å²) in [4.78, 5) is 15.7. The van der Waals surface area contributed by atoms with Crippen LogP contribution in [0.2, 0.25) is 0 Å². The zero-order chi connectivity index (χ0) is 13.7. The summed E-state index contributed by atoms with van der Waals surface area (Å²) in [6.07, 6.45) is 5.24. The Bertz CT molecular complexity index is 439. The van der Waals surface area contributed by atoms with E-state index >= 15 is 0 Å². The van der Waals surface area contributed by atoms with Gasteiger partial charge in [-0.25, -0.2) is 9.78 Å². The highest BCUT2D eigenvalue weighted by Gasteiger charge is 2.24. The summed E-state index contributed by atoms with van der Waals surface area (Å²) in [6.45, 7) is 2.20. The first-order valence-electron chi connectivity index (χ1n) is 6.65. The fraction of sp³-hybridized carbons (Fsp3) is 0.571.